The van der Waals surface area contributed by atoms with Crippen molar-refractivity contribution in [3.8, 4) is 0 Å². The summed E-state index contributed by atoms with van der Waals surface area (Å²) in [5.74, 6) is 1.70. The van der Waals surface area contributed by atoms with Gasteiger partial charge in [0.1, 0.15) is 5.82 Å². The average Bonchev–Trinajstić information content (AvgIpc) is 3.00. The highest BCUT2D eigenvalue weighted by Gasteiger charge is 2.23. The standard InChI is InChI=1S/C18H20N4/c1-2-7-17-16(6-1)20-18(21-17)14-8-11-22(12-9-14)13-15-5-3-4-10-19-15/h1-7,10,14H,8-9,11-13H2,(H,20,21). The molecule has 0 saturated carbocycles. The number of piperidine rings is 1. The number of likely N-dealkylation sites (tertiary alicyclic amines) is 1. The van der Waals surface area contributed by atoms with Crippen LogP contribution in [-0.4, -0.2) is 32.9 Å². The molecule has 0 spiro atoms. The van der Waals surface area contributed by atoms with Gasteiger partial charge in [-0.3, -0.25) is 9.88 Å². The molecular formula is C18H20N4. The summed E-state index contributed by atoms with van der Waals surface area (Å²) < 4.78 is 0. The quantitative estimate of drug-likeness (QED) is 0.805. The number of benzene rings is 1. The normalized spacial score (nSPS) is 17.1. The lowest BCUT2D eigenvalue weighted by Crippen LogP contribution is -2.33. The van der Waals surface area contributed by atoms with E-state index < -0.39 is 0 Å². The van der Waals surface area contributed by atoms with Gasteiger partial charge in [0.2, 0.25) is 0 Å². The van der Waals surface area contributed by atoms with Crippen molar-refractivity contribution in [3.05, 3.63) is 60.2 Å². The van der Waals surface area contributed by atoms with Gasteiger partial charge in [0.25, 0.3) is 0 Å². The predicted molar refractivity (Wildman–Crippen MR) is 87.6 cm³/mol. The first-order valence-electron chi connectivity index (χ1n) is 7.95. The first kappa shape index (κ1) is 13.5. The van der Waals surface area contributed by atoms with Gasteiger partial charge in [-0.1, -0.05) is 18.2 Å². The van der Waals surface area contributed by atoms with Crippen molar-refractivity contribution in [3.63, 3.8) is 0 Å². The monoisotopic (exact) mass is 292 g/mol. The summed E-state index contributed by atoms with van der Waals surface area (Å²) in [5, 5.41) is 0. The van der Waals surface area contributed by atoms with Crippen molar-refractivity contribution in [1.82, 2.24) is 19.9 Å². The van der Waals surface area contributed by atoms with Crippen LogP contribution in [-0.2, 0) is 6.54 Å². The molecule has 3 heterocycles. The number of rotatable bonds is 3. The van der Waals surface area contributed by atoms with Gasteiger partial charge >= 0.3 is 0 Å². The lowest BCUT2D eigenvalue weighted by Gasteiger charge is -2.30. The van der Waals surface area contributed by atoms with E-state index in [1.54, 1.807) is 0 Å². The van der Waals surface area contributed by atoms with Crippen LogP contribution >= 0.6 is 0 Å². The molecule has 2 aromatic heterocycles. The summed E-state index contributed by atoms with van der Waals surface area (Å²) in [4.78, 5) is 15.2. The number of imidazole rings is 1. The highest BCUT2D eigenvalue weighted by atomic mass is 15.1. The Hall–Kier alpha value is -2.20. The maximum atomic E-state index is 4.76. The molecule has 0 radical (unpaired) electrons. The van der Waals surface area contributed by atoms with Crippen LogP contribution in [0.25, 0.3) is 11.0 Å². The Morgan fingerprint density at radius 1 is 1.05 bits per heavy atom. The van der Waals surface area contributed by atoms with Crippen molar-refractivity contribution in [2.24, 2.45) is 0 Å². The number of nitrogens with zero attached hydrogens (tertiary/aromatic N) is 3. The van der Waals surface area contributed by atoms with Gasteiger partial charge in [-0.25, -0.2) is 4.98 Å². The van der Waals surface area contributed by atoms with Crippen LogP contribution in [0.1, 0.15) is 30.3 Å². The van der Waals surface area contributed by atoms with Crippen LogP contribution in [0.15, 0.2) is 48.7 Å². The molecule has 4 nitrogen and oxygen atoms in total. The average molecular weight is 292 g/mol. The molecule has 1 aromatic carbocycles. The molecule has 112 valence electrons. The van der Waals surface area contributed by atoms with E-state index in [1.807, 2.05) is 18.3 Å². The minimum Gasteiger partial charge on any atom is -0.342 e. The van der Waals surface area contributed by atoms with Crippen molar-refractivity contribution < 1.29 is 0 Å². The topological polar surface area (TPSA) is 44.8 Å². The van der Waals surface area contributed by atoms with E-state index in [4.69, 9.17) is 4.98 Å². The van der Waals surface area contributed by atoms with Crippen LogP contribution in [0.5, 0.6) is 0 Å². The molecule has 0 bridgehead atoms. The van der Waals surface area contributed by atoms with E-state index in [0.717, 1.165) is 55.0 Å². The van der Waals surface area contributed by atoms with Crippen LogP contribution in [0.2, 0.25) is 0 Å². The van der Waals surface area contributed by atoms with E-state index >= 15 is 0 Å². The van der Waals surface area contributed by atoms with Crippen molar-refractivity contribution >= 4 is 11.0 Å². The SMILES string of the molecule is c1ccc(CN2CCC(c3nc4ccccc4[nH]3)CC2)nc1. The number of H-pyrrole nitrogens is 1. The molecule has 0 amide bonds. The van der Waals surface area contributed by atoms with E-state index in [1.165, 1.54) is 0 Å². The molecule has 1 aliphatic rings. The molecule has 1 saturated heterocycles. The van der Waals surface area contributed by atoms with E-state index in [2.05, 4.69) is 45.2 Å². The van der Waals surface area contributed by atoms with Gasteiger partial charge in [0.05, 0.1) is 16.7 Å². The molecule has 0 unspecified atom stereocenters. The first-order chi connectivity index (χ1) is 10.9. The van der Waals surface area contributed by atoms with Crippen LogP contribution < -0.4 is 0 Å². The van der Waals surface area contributed by atoms with Crippen molar-refractivity contribution in [2.45, 2.75) is 25.3 Å². The second kappa shape index (κ2) is 5.89. The number of hydrogen-bond donors (Lipinski definition) is 1. The number of aromatic amines is 1. The Kier molecular flexibility index (Phi) is 3.60. The minimum absolute atomic E-state index is 0.549. The fourth-order valence-corrected chi connectivity index (χ4v) is 3.25. The second-order valence-electron chi connectivity index (χ2n) is 6.01. The van der Waals surface area contributed by atoms with Gasteiger partial charge < -0.3 is 4.98 Å². The maximum absolute atomic E-state index is 4.76. The number of fused-ring (bicyclic) bond motifs is 1. The molecule has 3 aromatic rings. The van der Waals surface area contributed by atoms with E-state index in [-0.39, 0.29) is 0 Å². The molecule has 1 fully saturated rings. The van der Waals surface area contributed by atoms with E-state index in [9.17, 15) is 0 Å². The maximum Gasteiger partial charge on any atom is 0.110 e. The fraction of sp³-hybridized carbons (Fsp3) is 0.333. The molecule has 4 rings (SSSR count). The summed E-state index contributed by atoms with van der Waals surface area (Å²) in [5.41, 5.74) is 3.38. The Labute approximate surface area is 130 Å². The fourth-order valence-electron chi connectivity index (χ4n) is 3.25. The number of para-hydroxylation sites is 2. The largest absolute Gasteiger partial charge is 0.342 e. The third kappa shape index (κ3) is 2.74. The van der Waals surface area contributed by atoms with Gasteiger partial charge in [-0.05, 0) is 50.2 Å². The highest BCUT2D eigenvalue weighted by Crippen LogP contribution is 2.28. The number of hydrogen-bond acceptors (Lipinski definition) is 3. The predicted octanol–water partition coefficient (Wildman–Crippen LogP) is 3.34. The lowest BCUT2D eigenvalue weighted by atomic mass is 9.96. The molecular weight excluding hydrogens is 272 g/mol. The van der Waals surface area contributed by atoms with Gasteiger partial charge in [-0.2, -0.15) is 0 Å². The third-order valence-corrected chi connectivity index (χ3v) is 4.49. The molecule has 0 aliphatic carbocycles. The Morgan fingerprint density at radius 3 is 2.64 bits per heavy atom. The number of aromatic nitrogens is 3. The van der Waals surface area contributed by atoms with Crippen molar-refractivity contribution in [2.75, 3.05) is 13.1 Å². The lowest BCUT2D eigenvalue weighted by molar-refractivity contribution is 0.200. The van der Waals surface area contributed by atoms with E-state index in [0.29, 0.717) is 5.92 Å². The summed E-state index contributed by atoms with van der Waals surface area (Å²) >= 11 is 0. The first-order valence-corrected chi connectivity index (χ1v) is 7.95. The molecule has 0 atom stereocenters. The third-order valence-electron chi connectivity index (χ3n) is 4.49. The molecule has 1 N–H and O–H groups in total. The summed E-state index contributed by atoms with van der Waals surface area (Å²) in [6.45, 7) is 3.17. The molecule has 1 aliphatic heterocycles. The zero-order valence-electron chi connectivity index (χ0n) is 12.6. The Balaban J connectivity index is 1.41. The Bertz CT molecular complexity index is 709. The molecule has 4 heteroatoms. The number of pyridine rings is 1. The second-order valence-corrected chi connectivity index (χ2v) is 6.01. The van der Waals surface area contributed by atoms with Gasteiger partial charge in [-0.15, -0.1) is 0 Å². The zero-order chi connectivity index (χ0) is 14.8. The van der Waals surface area contributed by atoms with Gasteiger partial charge in [0, 0.05) is 18.7 Å². The summed E-state index contributed by atoms with van der Waals surface area (Å²) in [7, 11) is 0. The Morgan fingerprint density at radius 2 is 1.86 bits per heavy atom. The van der Waals surface area contributed by atoms with Gasteiger partial charge in [0.15, 0.2) is 0 Å². The highest BCUT2D eigenvalue weighted by molar-refractivity contribution is 5.74. The molecule has 22 heavy (non-hydrogen) atoms. The van der Waals surface area contributed by atoms with Crippen LogP contribution in [0.3, 0.4) is 0 Å². The van der Waals surface area contributed by atoms with Crippen molar-refractivity contribution in [1.29, 1.82) is 0 Å². The van der Waals surface area contributed by atoms with Crippen LogP contribution in [0, 0.1) is 0 Å². The summed E-state index contributed by atoms with van der Waals surface area (Å²) in [6, 6.07) is 14.4. The number of nitrogens with one attached hydrogen (secondary N) is 1. The smallest absolute Gasteiger partial charge is 0.110 e. The minimum atomic E-state index is 0.549. The van der Waals surface area contributed by atoms with Crippen LogP contribution in [0.4, 0.5) is 0 Å². The summed E-state index contributed by atoms with van der Waals surface area (Å²) in [6.07, 6.45) is 4.19. The zero-order valence-corrected chi connectivity index (χ0v) is 12.6.